The number of hydrogen-bond acceptors (Lipinski definition) is 2. The van der Waals surface area contributed by atoms with Gasteiger partial charge in [0, 0.05) is 29.1 Å². The average molecular weight is 338 g/mol. The molecule has 0 aromatic heterocycles. The average Bonchev–Trinajstić information content (AvgIpc) is 2.87. The molecule has 4 rings (SSSR count). The first-order valence-corrected chi connectivity index (χ1v) is 8.85. The van der Waals surface area contributed by atoms with Gasteiger partial charge in [-0.1, -0.05) is 36.4 Å². The van der Waals surface area contributed by atoms with Crippen LogP contribution in [0.5, 0.6) is 0 Å². The fourth-order valence-corrected chi connectivity index (χ4v) is 4.62. The van der Waals surface area contributed by atoms with E-state index in [2.05, 4.69) is 11.0 Å². The Labute approximate surface area is 146 Å². The third-order valence-corrected chi connectivity index (χ3v) is 5.67. The SMILES string of the molecule is N#CC1CC2CCC(C1)N2C(c1ccccc1F)c1ccccc1F. The van der Waals surface area contributed by atoms with E-state index in [4.69, 9.17) is 0 Å². The van der Waals surface area contributed by atoms with Gasteiger partial charge in [-0.3, -0.25) is 4.90 Å². The zero-order chi connectivity index (χ0) is 17.4. The number of hydrogen-bond donors (Lipinski definition) is 0. The summed E-state index contributed by atoms with van der Waals surface area (Å²) in [5, 5.41) is 9.31. The highest BCUT2D eigenvalue weighted by Gasteiger charge is 2.45. The first-order valence-electron chi connectivity index (χ1n) is 8.85. The molecular weight excluding hydrogens is 318 g/mol. The number of piperidine rings is 1. The molecular formula is C21H20F2N2. The van der Waals surface area contributed by atoms with Crippen LogP contribution in [-0.4, -0.2) is 17.0 Å². The summed E-state index contributed by atoms with van der Waals surface area (Å²) in [6.07, 6.45) is 3.54. The molecule has 0 spiro atoms. The van der Waals surface area contributed by atoms with Crippen LogP contribution in [0.3, 0.4) is 0 Å². The molecule has 0 radical (unpaired) electrons. The van der Waals surface area contributed by atoms with Gasteiger partial charge in [-0.2, -0.15) is 5.26 Å². The summed E-state index contributed by atoms with van der Waals surface area (Å²) in [6.45, 7) is 0. The Morgan fingerprint density at radius 3 is 1.80 bits per heavy atom. The molecule has 0 saturated carbocycles. The van der Waals surface area contributed by atoms with E-state index in [-0.39, 0.29) is 29.6 Å². The molecule has 25 heavy (non-hydrogen) atoms. The van der Waals surface area contributed by atoms with Crippen LogP contribution >= 0.6 is 0 Å². The van der Waals surface area contributed by atoms with E-state index in [1.54, 1.807) is 36.4 Å². The van der Waals surface area contributed by atoms with Crippen molar-refractivity contribution in [2.24, 2.45) is 5.92 Å². The van der Waals surface area contributed by atoms with Gasteiger partial charge >= 0.3 is 0 Å². The number of nitriles is 1. The fraction of sp³-hybridized carbons (Fsp3) is 0.381. The van der Waals surface area contributed by atoms with Crippen LogP contribution in [0.25, 0.3) is 0 Å². The molecule has 2 saturated heterocycles. The lowest BCUT2D eigenvalue weighted by atomic mass is 9.87. The van der Waals surface area contributed by atoms with E-state index in [1.807, 2.05) is 0 Å². The molecule has 2 aromatic rings. The van der Waals surface area contributed by atoms with E-state index in [0.29, 0.717) is 11.1 Å². The molecule has 0 aliphatic carbocycles. The molecule has 2 nitrogen and oxygen atoms in total. The second-order valence-electron chi connectivity index (χ2n) is 7.08. The van der Waals surface area contributed by atoms with Gasteiger partial charge in [-0.05, 0) is 37.8 Å². The second kappa shape index (κ2) is 6.57. The fourth-order valence-electron chi connectivity index (χ4n) is 4.62. The molecule has 2 aliphatic rings. The molecule has 128 valence electrons. The lowest BCUT2D eigenvalue weighted by Crippen LogP contribution is -2.45. The van der Waals surface area contributed by atoms with Gasteiger partial charge in [-0.25, -0.2) is 8.78 Å². The maximum atomic E-state index is 14.6. The Bertz CT molecular complexity index is 754. The van der Waals surface area contributed by atoms with Crippen molar-refractivity contribution < 1.29 is 8.78 Å². The summed E-state index contributed by atoms with van der Waals surface area (Å²) in [5.74, 6) is -0.564. The summed E-state index contributed by atoms with van der Waals surface area (Å²) in [7, 11) is 0. The van der Waals surface area contributed by atoms with E-state index >= 15 is 0 Å². The number of rotatable bonds is 3. The molecule has 4 heteroatoms. The number of fused-ring (bicyclic) bond motifs is 2. The van der Waals surface area contributed by atoms with Gasteiger partial charge in [0.15, 0.2) is 0 Å². The largest absolute Gasteiger partial charge is 0.286 e. The van der Waals surface area contributed by atoms with Gasteiger partial charge in [0.05, 0.1) is 12.1 Å². The van der Waals surface area contributed by atoms with Crippen LogP contribution in [0.2, 0.25) is 0 Å². The highest BCUT2D eigenvalue weighted by molar-refractivity contribution is 5.35. The molecule has 2 unspecified atom stereocenters. The molecule has 2 heterocycles. The Balaban J connectivity index is 1.82. The van der Waals surface area contributed by atoms with E-state index < -0.39 is 6.04 Å². The van der Waals surface area contributed by atoms with Crippen LogP contribution < -0.4 is 0 Å². The highest BCUT2D eigenvalue weighted by Crippen LogP contribution is 2.46. The van der Waals surface area contributed by atoms with Crippen LogP contribution in [0.1, 0.15) is 42.9 Å². The smallest absolute Gasteiger partial charge is 0.128 e. The predicted molar refractivity (Wildman–Crippen MR) is 91.6 cm³/mol. The predicted octanol–water partition coefficient (Wildman–Crippen LogP) is 4.82. The first-order chi connectivity index (χ1) is 12.2. The Morgan fingerprint density at radius 2 is 1.36 bits per heavy atom. The van der Waals surface area contributed by atoms with Gasteiger partial charge in [0.1, 0.15) is 11.6 Å². The number of benzene rings is 2. The van der Waals surface area contributed by atoms with Gasteiger partial charge < -0.3 is 0 Å². The highest BCUT2D eigenvalue weighted by atomic mass is 19.1. The maximum Gasteiger partial charge on any atom is 0.128 e. The Hall–Kier alpha value is -2.25. The molecule has 2 fully saturated rings. The zero-order valence-electron chi connectivity index (χ0n) is 13.9. The lowest BCUT2D eigenvalue weighted by Gasteiger charge is -2.42. The molecule has 2 aromatic carbocycles. The maximum absolute atomic E-state index is 14.6. The van der Waals surface area contributed by atoms with Gasteiger partial charge in [0.25, 0.3) is 0 Å². The zero-order valence-corrected chi connectivity index (χ0v) is 13.9. The Morgan fingerprint density at radius 1 is 0.880 bits per heavy atom. The van der Waals surface area contributed by atoms with Crippen molar-refractivity contribution in [1.82, 2.24) is 4.90 Å². The minimum Gasteiger partial charge on any atom is -0.286 e. The second-order valence-corrected chi connectivity index (χ2v) is 7.08. The van der Waals surface area contributed by atoms with E-state index in [1.165, 1.54) is 12.1 Å². The van der Waals surface area contributed by atoms with Crippen LogP contribution in [0, 0.1) is 28.9 Å². The normalized spacial score (nSPS) is 25.9. The van der Waals surface area contributed by atoms with E-state index in [0.717, 1.165) is 25.7 Å². The molecule has 0 N–H and O–H groups in total. The van der Waals surface area contributed by atoms with Crippen molar-refractivity contribution in [1.29, 1.82) is 5.26 Å². The van der Waals surface area contributed by atoms with Crippen molar-refractivity contribution in [2.45, 2.75) is 43.8 Å². The third-order valence-electron chi connectivity index (χ3n) is 5.67. The summed E-state index contributed by atoms with van der Waals surface area (Å²) in [5.41, 5.74) is 1.03. The summed E-state index contributed by atoms with van der Waals surface area (Å²) in [4.78, 5) is 2.27. The minimum atomic E-state index is -0.445. The molecule has 2 atom stereocenters. The topological polar surface area (TPSA) is 27.0 Å². The summed E-state index contributed by atoms with van der Waals surface area (Å²) in [6, 6.07) is 15.7. The first kappa shape index (κ1) is 16.2. The third kappa shape index (κ3) is 2.83. The van der Waals surface area contributed by atoms with Crippen molar-refractivity contribution in [3.63, 3.8) is 0 Å². The standard InChI is InChI=1S/C21H20F2N2/c22-19-7-3-1-5-17(19)21(18-6-2-4-8-20(18)23)25-15-9-10-16(25)12-14(11-15)13-24/h1-8,14-16,21H,9-12H2. The molecule has 2 aliphatic heterocycles. The van der Waals surface area contributed by atoms with Crippen LogP contribution in [0.15, 0.2) is 48.5 Å². The van der Waals surface area contributed by atoms with Gasteiger partial charge in [-0.15, -0.1) is 0 Å². The van der Waals surface area contributed by atoms with Crippen LogP contribution in [0.4, 0.5) is 8.78 Å². The van der Waals surface area contributed by atoms with Crippen molar-refractivity contribution in [3.05, 3.63) is 71.3 Å². The monoisotopic (exact) mass is 338 g/mol. The van der Waals surface area contributed by atoms with Crippen molar-refractivity contribution >= 4 is 0 Å². The lowest BCUT2D eigenvalue weighted by molar-refractivity contribution is 0.0851. The number of halogens is 2. The minimum absolute atomic E-state index is 0.0515. The van der Waals surface area contributed by atoms with Crippen molar-refractivity contribution in [3.8, 4) is 6.07 Å². The van der Waals surface area contributed by atoms with Crippen LogP contribution in [-0.2, 0) is 0 Å². The van der Waals surface area contributed by atoms with Gasteiger partial charge in [0.2, 0.25) is 0 Å². The number of nitrogens with zero attached hydrogens (tertiary/aromatic N) is 2. The molecule has 0 amide bonds. The quantitative estimate of drug-likeness (QED) is 0.802. The summed E-state index contributed by atoms with van der Waals surface area (Å²) < 4.78 is 29.3. The van der Waals surface area contributed by atoms with E-state index in [9.17, 15) is 14.0 Å². The Kier molecular flexibility index (Phi) is 4.27. The van der Waals surface area contributed by atoms with Crippen molar-refractivity contribution in [2.75, 3.05) is 0 Å². The summed E-state index contributed by atoms with van der Waals surface area (Å²) >= 11 is 0. The molecule has 2 bridgehead atoms.